The summed E-state index contributed by atoms with van der Waals surface area (Å²) in [6.07, 6.45) is -0.603. The van der Waals surface area contributed by atoms with E-state index in [1.54, 1.807) is 0 Å². The van der Waals surface area contributed by atoms with Gasteiger partial charge in [0.05, 0.1) is 0 Å². The smallest absolute Gasteiger partial charge is 0.411 e. The first-order chi connectivity index (χ1) is 15.5. The van der Waals surface area contributed by atoms with Crippen molar-refractivity contribution in [3.63, 3.8) is 0 Å². The quantitative estimate of drug-likeness (QED) is 0.490. The van der Waals surface area contributed by atoms with Crippen LogP contribution in [0.15, 0.2) is 72.8 Å². The summed E-state index contributed by atoms with van der Waals surface area (Å²) in [5.74, 6) is -1.84. The number of carboxylic acid groups (broad SMARTS) is 1. The zero-order chi connectivity index (χ0) is 22.5. The molecule has 0 aromatic heterocycles. The Balaban J connectivity index is 1.34. The third kappa shape index (κ3) is 4.60. The van der Waals surface area contributed by atoms with Crippen molar-refractivity contribution < 1.29 is 29.1 Å². The second kappa shape index (κ2) is 9.32. The maximum Gasteiger partial charge on any atom is 0.411 e. The summed E-state index contributed by atoms with van der Waals surface area (Å²) in [5, 5.41) is 11.1. The lowest BCUT2D eigenvalue weighted by atomic mass is 9.98. The van der Waals surface area contributed by atoms with E-state index in [1.165, 1.54) is 24.3 Å². The van der Waals surface area contributed by atoms with E-state index in [2.05, 4.69) is 22.3 Å². The second-order valence-electron chi connectivity index (χ2n) is 7.14. The normalized spacial score (nSPS) is 11.9. The van der Waals surface area contributed by atoms with Gasteiger partial charge in [-0.15, -0.1) is 0 Å². The van der Waals surface area contributed by atoms with Crippen LogP contribution < -0.4 is 10.8 Å². The van der Waals surface area contributed by atoms with Gasteiger partial charge in [-0.1, -0.05) is 48.5 Å². The molecule has 0 aliphatic heterocycles. The Kier molecular flexibility index (Phi) is 6.14. The van der Waals surface area contributed by atoms with Gasteiger partial charge < -0.3 is 9.84 Å². The number of ether oxygens (including phenoxy) is 1. The molecule has 0 unspecified atom stereocenters. The van der Waals surface area contributed by atoms with Crippen molar-refractivity contribution in [2.75, 3.05) is 18.5 Å². The van der Waals surface area contributed by atoms with E-state index in [1.807, 2.05) is 41.9 Å². The van der Waals surface area contributed by atoms with E-state index in [9.17, 15) is 14.4 Å². The number of carboxylic acids is 1. The van der Waals surface area contributed by atoms with Crippen LogP contribution in [-0.2, 0) is 14.4 Å². The molecule has 0 atom stereocenters. The van der Waals surface area contributed by atoms with Gasteiger partial charge in [0.15, 0.2) is 6.61 Å². The molecule has 3 N–H and O–H groups in total. The van der Waals surface area contributed by atoms with Crippen molar-refractivity contribution in [2.45, 2.75) is 5.92 Å². The molecule has 162 valence electrons. The zero-order valence-electron chi connectivity index (χ0n) is 16.9. The first kappa shape index (κ1) is 21.1. The molecule has 0 fully saturated rings. The van der Waals surface area contributed by atoms with Crippen molar-refractivity contribution in [3.8, 4) is 11.1 Å². The lowest BCUT2D eigenvalue weighted by Crippen LogP contribution is -2.26. The number of carbonyl (C=O) groups is 3. The molecule has 1 aliphatic rings. The first-order valence-electron chi connectivity index (χ1n) is 9.89. The van der Waals surface area contributed by atoms with Crippen LogP contribution in [0.3, 0.4) is 0 Å². The number of carbonyl (C=O) groups excluding carboxylic acids is 2. The van der Waals surface area contributed by atoms with Crippen LogP contribution in [0.5, 0.6) is 0 Å². The molecule has 4 rings (SSSR count). The summed E-state index contributed by atoms with van der Waals surface area (Å²) >= 11 is 0. The summed E-state index contributed by atoms with van der Waals surface area (Å²) in [5.41, 5.74) is 7.28. The minimum absolute atomic E-state index is 0.0370. The lowest BCUT2D eigenvalue weighted by molar-refractivity contribution is -0.144. The zero-order valence-corrected chi connectivity index (χ0v) is 16.9. The minimum atomic E-state index is -1.20. The molecule has 3 aromatic carbocycles. The first-order valence-corrected chi connectivity index (χ1v) is 9.89. The summed E-state index contributed by atoms with van der Waals surface area (Å²) in [7, 11) is 0. The standard InChI is InChI=1S/C24H20N2O6/c27-22(28)14-32-26-23(29)15-9-11-16(12-10-15)25-24(30)31-13-21-19-7-3-1-5-17(19)18-6-2-4-8-20(18)21/h1-12,21H,13-14H2,(H,25,30)(H,26,29)(H,27,28). The fourth-order valence-electron chi connectivity index (χ4n) is 3.68. The summed E-state index contributed by atoms with van der Waals surface area (Å²) < 4.78 is 5.49. The van der Waals surface area contributed by atoms with E-state index in [4.69, 9.17) is 9.84 Å². The number of hydroxylamine groups is 1. The highest BCUT2D eigenvalue weighted by molar-refractivity contribution is 5.94. The molecule has 0 heterocycles. The topological polar surface area (TPSA) is 114 Å². The minimum Gasteiger partial charge on any atom is -0.479 e. The molecule has 8 heteroatoms. The Morgan fingerprint density at radius 1 is 0.844 bits per heavy atom. The Morgan fingerprint density at radius 3 is 2.03 bits per heavy atom. The third-order valence-electron chi connectivity index (χ3n) is 5.10. The largest absolute Gasteiger partial charge is 0.479 e. The van der Waals surface area contributed by atoms with Gasteiger partial charge in [-0.3, -0.25) is 14.9 Å². The van der Waals surface area contributed by atoms with Crippen molar-refractivity contribution >= 4 is 23.7 Å². The van der Waals surface area contributed by atoms with Gasteiger partial charge in [0, 0.05) is 17.2 Å². The van der Waals surface area contributed by atoms with Crippen molar-refractivity contribution in [1.82, 2.24) is 5.48 Å². The Hall–Kier alpha value is -4.17. The molecule has 0 saturated carbocycles. The molecular formula is C24H20N2O6. The maximum absolute atomic E-state index is 12.3. The molecule has 0 spiro atoms. The number of aliphatic carboxylic acids is 1. The predicted molar refractivity (Wildman–Crippen MR) is 116 cm³/mol. The highest BCUT2D eigenvalue weighted by Crippen LogP contribution is 2.44. The fourth-order valence-corrected chi connectivity index (χ4v) is 3.68. The summed E-state index contributed by atoms with van der Waals surface area (Å²) in [6, 6.07) is 22.2. The highest BCUT2D eigenvalue weighted by atomic mass is 16.7. The molecule has 32 heavy (non-hydrogen) atoms. The Morgan fingerprint density at radius 2 is 1.44 bits per heavy atom. The van der Waals surface area contributed by atoms with Crippen molar-refractivity contribution in [1.29, 1.82) is 0 Å². The van der Waals surface area contributed by atoms with Gasteiger partial charge in [-0.05, 0) is 46.5 Å². The summed E-state index contributed by atoms with van der Waals surface area (Å²) in [6.45, 7) is -0.450. The maximum atomic E-state index is 12.3. The van der Waals surface area contributed by atoms with Crippen LogP contribution in [0, 0.1) is 0 Å². The molecule has 0 bridgehead atoms. The van der Waals surface area contributed by atoms with Crippen molar-refractivity contribution in [3.05, 3.63) is 89.5 Å². The molecule has 0 saturated heterocycles. The number of anilines is 1. The third-order valence-corrected chi connectivity index (χ3v) is 5.10. The predicted octanol–water partition coefficient (Wildman–Crippen LogP) is 3.79. The average Bonchev–Trinajstić information content (AvgIpc) is 3.12. The molecular weight excluding hydrogens is 412 g/mol. The van der Waals surface area contributed by atoms with Gasteiger partial charge in [0.25, 0.3) is 5.91 Å². The lowest BCUT2D eigenvalue weighted by Gasteiger charge is -2.14. The van der Waals surface area contributed by atoms with Gasteiger partial charge in [-0.2, -0.15) is 0 Å². The van der Waals surface area contributed by atoms with Crippen LogP contribution in [-0.4, -0.2) is 36.3 Å². The monoisotopic (exact) mass is 432 g/mol. The van der Waals surface area contributed by atoms with Gasteiger partial charge in [0.2, 0.25) is 0 Å². The molecule has 0 radical (unpaired) electrons. The van der Waals surface area contributed by atoms with Gasteiger partial charge in [0.1, 0.15) is 6.61 Å². The van der Waals surface area contributed by atoms with Crippen LogP contribution >= 0.6 is 0 Å². The van der Waals surface area contributed by atoms with Gasteiger partial charge >= 0.3 is 12.1 Å². The van der Waals surface area contributed by atoms with E-state index in [-0.39, 0.29) is 18.1 Å². The SMILES string of the molecule is O=C(O)CONC(=O)c1ccc(NC(=O)OCC2c3ccccc3-c3ccccc32)cc1. The molecule has 2 amide bonds. The summed E-state index contributed by atoms with van der Waals surface area (Å²) in [4.78, 5) is 39.1. The number of nitrogens with one attached hydrogen (secondary N) is 2. The number of hydrogen-bond donors (Lipinski definition) is 3. The van der Waals surface area contributed by atoms with E-state index >= 15 is 0 Å². The highest BCUT2D eigenvalue weighted by Gasteiger charge is 2.29. The number of amides is 2. The van der Waals surface area contributed by atoms with Crippen LogP contribution in [0.25, 0.3) is 11.1 Å². The fraction of sp³-hybridized carbons (Fsp3) is 0.125. The number of hydrogen-bond acceptors (Lipinski definition) is 5. The van der Waals surface area contributed by atoms with E-state index in [0.717, 1.165) is 22.3 Å². The number of rotatable bonds is 7. The Bertz CT molecular complexity index is 1110. The second-order valence-corrected chi connectivity index (χ2v) is 7.14. The van der Waals surface area contributed by atoms with Gasteiger partial charge in [-0.25, -0.2) is 15.1 Å². The van der Waals surface area contributed by atoms with E-state index in [0.29, 0.717) is 5.69 Å². The van der Waals surface area contributed by atoms with Crippen molar-refractivity contribution in [2.24, 2.45) is 0 Å². The van der Waals surface area contributed by atoms with Crippen LogP contribution in [0.2, 0.25) is 0 Å². The molecule has 8 nitrogen and oxygen atoms in total. The van der Waals surface area contributed by atoms with E-state index < -0.39 is 24.6 Å². The van der Waals surface area contributed by atoms with Crippen LogP contribution in [0.1, 0.15) is 27.4 Å². The molecule has 3 aromatic rings. The van der Waals surface area contributed by atoms with Crippen LogP contribution in [0.4, 0.5) is 10.5 Å². The number of fused-ring (bicyclic) bond motifs is 3. The Labute approximate surface area is 183 Å². The average molecular weight is 432 g/mol. The number of benzene rings is 3. The molecule has 1 aliphatic carbocycles.